The van der Waals surface area contributed by atoms with Crippen molar-refractivity contribution >= 4 is 22.4 Å². The number of rotatable bonds is 5. The summed E-state index contributed by atoms with van der Waals surface area (Å²) in [5.41, 5.74) is -0.419. The number of para-hydroxylation sites is 1. The van der Waals surface area contributed by atoms with E-state index < -0.39 is 22.9 Å². The average Bonchev–Trinajstić information content (AvgIpc) is 3.12. The molecule has 3 aliphatic carbocycles. The number of benzene rings is 1. The summed E-state index contributed by atoms with van der Waals surface area (Å²) in [5.74, 6) is 0.195. The molecule has 0 atom stereocenters. The Bertz CT molecular complexity index is 1160. The van der Waals surface area contributed by atoms with E-state index in [0.717, 1.165) is 11.3 Å². The van der Waals surface area contributed by atoms with Gasteiger partial charge in [-0.1, -0.05) is 29.5 Å². The molecule has 6 nitrogen and oxygen atoms in total. The molecule has 0 spiro atoms. The molecule has 1 N–H and O–H groups in total. The van der Waals surface area contributed by atoms with Crippen molar-refractivity contribution in [2.45, 2.75) is 30.9 Å². The third-order valence-electron chi connectivity index (χ3n) is 6.19. The van der Waals surface area contributed by atoms with E-state index in [9.17, 15) is 18.0 Å². The van der Waals surface area contributed by atoms with E-state index in [1.54, 1.807) is 25.4 Å². The van der Waals surface area contributed by atoms with Crippen LogP contribution in [0.25, 0.3) is 11.1 Å². The third kappa shape index (κ3) is 3.00. The van der Waals surface area contributed by atoms with Crippen LogP contribution in [0.5, 0.6) is 5.75 Å². The largest absolute Gasteiger partial charge is 0.496 e. The maximum atomic E-state index is 13.1. The number of halogens is 3. The molecule has 1 amide bonds. The number of pyridine rings is 1. The Morgan fingerprint density at radius 1 is 1.13 bits per heavy atom. The van der Waals surface area contributed by atoms with Gasteiger partial charge in [0.1, 0.15) is 10.8 Å². The normalized spacial score (nSPS) is 24.1. The molecule has 3 aliphatic rings. The quantitative estimate of drug-likeness (QED) is 0.607. The lowest BCUT2D eigenvalue weighted by molar-refractivity contribution is -0.337. The van der Waals surface area contributed by atoms with Crippen molar-refractivity contribution in [2.75, 3.05) is 12.4 Å². The van der Waals surface area contributed by atoms with Crippen LogP contribution in [0, 0.1) is 5.41 Å². The minimum absolute atomic E-state index is 0.0500. The standard InChI is InChI=1S/C21H17F3N4O2S/c1-30-15-5-3-2-4-12(15)14-8-25-7-6-13(14)16(29)26-18-28-27-17(31-18)19-9-20(10-19,11-19)21(22,23)24/h2-8H,9-11H2,1H3,(H,26,28,29). The first-order valence-corrected chi connectivity index (χ1v) is 10.4. The van der Waals surface area contributed by atoms with Gasteiger partial charge in [-0.3, -0.25) is 15.1 Å². The predicted octanol–water partition coefficient (Wildman–Crippen LogP) is 4.85. The lowest BCUT2D eigenvalue weighted by Crippen LogP contribution is -2.70. The van der Waals surface area contributed by atoms with E-state index in [1.807, 2.05) is 18.2 Å². The van der Waals surface area contributed by atoms with Gasteiger partial charge in [0.25, 0.3) is 5.91 Å². The number of aromatic nitrogens is 3. The number of ether oxygens (including phenoxy) is 1. The summed E-state index contributed by atoms with van der Waals surface area (Å²) in [7, 11) is 1.55. The van der Waals surface area contributed by atoms with Crippen LogP contribution in [0.15, 0.2) is 42.7 Å². The predicted molar refractivity (Wildman–Crippen MR) is 108 cm³/mol. The Morgan fingerprint density at radius 3 is 2.58 bits per heavy atom. The highest BCUT2D eigenvalue weighted by molar-refractivity contribution is 7.15. The second-order valence-electron chi connectivity index (χ2n) is 8.08. The number of amides is 1. The number of nitrogens with one attached hydrogen (secondary N) is 1. The van der Waals surface area contributed by atoms with Crippen LogP contribution in [-0.2, 0) is 5.41 Å². The smallest absolute Gasteiger partial charge is 0.394 e. The summed E-state index contributed by atoms with van der Waals surface area (Å²) in [4.78, 5) is 17.1. The number of nitrogens with zero attached hydrogens (tertiary/aromatic N) is 3. The van der Waals surface area contributed by atoms with Crippen molar-refractivity contribution in [1.82, 2.24) is 15.2 Å². The molecule has 3 saturated carbocycles. The number of carbonyl (C=O) groups is 1. The highest BCUT2D eigenvalue weighted by atomic mass is 32.1. The van der Waals surface area contributed by atoms with Gasteiger partial charge < -0.3 is 4.74 Å². The lowest BCUT2D eigenvalue weighted by Gasteiger charge is -2.69. The van der Waals surface area contributed by atoms with Crippen molar-refractivity contribution in [3.63, 3.8) is 0 Å². The summed E-state index contributed by atoms with van der Waals surface area (Å²) in [6.45, 7) is 0. The van der Waals surface area contributed by atoms with E-state index in [2.05, 4.69) is 20.5 Å². The van der Waals surface area contributed by atoms with Gasteiger partial charge in [0, 0.05) is 28.9 Å². The zero-order chi connectivity index (χ0) is 21.9. The van der Waals surface area contributed by atoms with E-state index in [4.69, 9.17) is 4.74 Å². The first-order valence-electron chi connectivity index (χ1n) is 9.56. The molecule has 31 heavy (non-hydrogen) atoms. The molecule has 3 aromatic rings. The second kappa shape index (κ2) is 6.74. The summed E-state index contributed by atoms with van der Waals surface area (Å²) >= 11 is 1.13. The van der Waals surface area contributed by atoms with Gasteiger partial charge in [-0.05, 0) is 31.4 Å². The molecule has 2 bridgehead atoms. The Kier molecular flexibility index (Phi) is 4.34. The van der Waals surface area contributed by atoms with Gasteiger partial charge in [-0.15, -0.1) is 10.2 Å². The molecule has 0 aliphatic heterocycles. The van der Waals surface area contributed by atoms with E-state index in [0.29, 0.717) is 27.4 Å². The molecule has 0 saturated heterocycles. The van der Waals surface area contributed by atoms with Crippen molar-refractivity contribution in [2.24, 2.45) is 5.41 Å². The minimum Gasteiger partial charge on any atom is -0.496 e. The molecular formula is C21H17F3N4O2S. The van der Waals surface area contributed by atoms with E-state index in [-0.39, 0.29) is 24.4 Å². The summed E-state index contributed by atoms with van der Waals surface area (Å²) in [5, 5.41) is 11.6. The second-order valence-corrected chi connectivity index (χ2v) is 9.05. The van der Waals surface area contributed by atoms with Crippen LogP contribution < -0.4 is 10.1 Å². The third-order valence-corrected chi connectivity index (χ3v) is 7.28. The molecule has 1 aromatic carbocycles. The van der Waals surface area contributed by atoms with Crippen LogP contribution in [0.3, 0.4) is 0 Å². The van der Waals surface area contributed by atoms with Crippen molar-refractivity contribution in [1.29, 1.82) is 0 Å². The van der Waals surface area contributed by atoms with Crippen LogP contribution >= 0.6 is 11.3 Å². The first kappa shape index (κ1) is 19.9. The fourth-order valence-corrected chi connectivity index (χ4v) is 5.57. The summed E-state index contributed by atoms with van der Waals surface area (Å²) in [6.07, 6.45) is -0.932. The Labute approximate surface area is 179 Å². The van der Waals surface area contributed by atoms with Gasteiger partial charge >= 0.3 is 6.18 Å². The van der Waals surface area contributed by atoms with Gasteiger partial charge in [-0.2, -0.15) is 13.2 Å². The van der Waals surface area contributed by atoms with Crippen LogP contribution in [0.4, 0.5) is 18.3 Å². The maximum absolute atomic E-state index is 13.1. The van der Waals surface area contributed by atoms with Crippen LogP contribution in [0.1, 0.15) is 34.6 Å². The number of alkyl halides is 3. The zero-order valence-electron chi connectivity index (χ0n) is 16.4. The summed E-state index contributed by atoms with van der Waals surface area (Å²) in [6, 6.07) is 8.87. The molecule has 6 rings (SSSR count). The minimum atomic E-state index is -4.17. The van der Waals surface area contributed by atoms with E-state index in [1.165, 1.54) is 6.20 Å². The van der Waals surface area contributed by atoms with Crippen molar-refractivity contribution < 1.29 is 22.7 Å². The molecule has 3 fully saturated rings. The van der Waals surface area contributed by atoms with Crippen LogP contribution in [0.2, 0.25) is 0 Å². The Balaban J connectivity index is 1.35. The number of hydrogen-bond acceptors (Lipinski definition) is 6. The number of methoxy groups -OCH3 is 1. The molecule has 2 aromatic heterocycles. The van der Waals surface area contributed by atoms with Crippen LogP contribution in [-0.4, -0.2) is 34.4 Å². The molecule has 2 heterocycles. The Morgan fingerprint density at radius 2 is 1.87 bits per heavy atom. The molecular weight excluding hydrogens is 429 g/mol. The highest BCUT2D eigenvalue weighted by Crippen LogP contribution is 2.78. The molecule has 10 heteroatoms. The van der Waals surface area contributed by atoms with Gasteiger partial charge in [-0.25, -0.2) is 0 Å². The number of hydrogen-bond donors (Lipinski definition) is 1. The maximum Gasteiger partial charge on any atom is 0.394 e. The number of carbonyl (C=O) groups excluding carboxylic acids is 1. The fourth-order valence-electron chi connectivity index (χ4n) is 4.64. The lowest BCUT2D eigenvalue weighted by atomic mass is 9.35. The molecule has 0 radical (unpaired) electrons. The van der Waals surface area contributed by atoms with Crippen molar-refractivity contribution in [3.8, 4) is 16.9 Å². The molecule has 0 unspecified atom stereocenters. The van der Waals surface area contributed by atoms with Gasteiger partial charge in [0.15, 0.2) is 0 Å². The SMILES string of the molecule is COc1ccccc1-c1cnccc1C(=O)Nc1nnc(C23CC(C(F)(F)F)(C2)C3)s1. The first-order chi connectivity index (χ1) is 14.8. The van der Waals surface area contributed by atoms with E-state index >= 15 is 0 Å². The Hall–Kier alpha value is -3.01. The zero-order valence-corrected chi connectivity index (χ0v) is 17.2. The highest BCUT2D eigenvalue weighted by Gasteiger charge is 2.79. The van der Waals surface area contributed by atoms with Crippen molar-refractivity contribution in [3.05, 3.63) is 53.3 Å². The topological polar surface area (TPSA) is 77.0 Å². The number of anilines is 1. The molecule has 160 valence electrons. The summed E-state index contributed by atoms with van der Waals surface area (Å²) < 4.78 is 44.7. The van der Waals surface area contributed by atoms with Gasteiger partial charge in [0.05, 0.1) is 18.1 Å². The average molecular weight is 446 g/mol. The monoisotopic (exact) mass is 446 g/mol. The van der Waals surface area contributed by atoms with Gasteiger partial charge in [0.2, 0.25) is 5.13 Å². The fraction of sp³-hybridized carbons (Fsp3) is 0.333.